The van der Waals surface area contributed by atoms with Crippen LogP contribution in [0.25, 0.3) is 0 Å². The molecule has 0 aliphatic rings. The molecule has 2 rings (SSSR count). The molecule has 1 aromatic carbocycles. The first-order valence-electron chi connectivity index (χ1n) is 12.4. The van der Waals surface area contributed by atoms with Crippen LogP contribution in [0.1, 0.15) is 76.5 Å². The number of ether oxygens (including phenoxy) is 2. The van der Waals surface area contributed by atoms with Crippen molar-refractivity contribution in [2.75, 3.05) is 13.1 Å². The largest absolute Gasteiger partial charge is 0.482 e. The molecule has 1 N–H and O–H groups in total. The molecule has 0 aliphatic heterocycles. The van der Waals surface area contributed by atoms with Gasteiger partial charge in [0.15, 0.2) is 5.75 Å². The first-order chi connectivity index (χ1) is 16.4. The number of rotatable bonds is 12. The fraction of sp³-hybridized carbons (Fsp3) is 0.536. The number of carbonyl (C=O) groups excluding carboxylic acids is 2. The Kier molecular flexibility index (Phi) is 10.1. The smallest absolute Gasteiger partial charge is 0.312 e. The standard InChI is InChI=1S/C28H40N2O5/c1-8-28(6,7)35-24(31)15-22-14-23(27(33)30(16-19(2)3)17-20(4)5)25(26(32)29-22)34-18-21-12-10-9-11-13-21/h9-14,19-20H,8,15-18H2,1-7H3,(H,29,32). The summed E-state index contributed by atoms with van der Waals surface area (Å²) in [6.45, 7) is 15.0. The molecule has 0 atom stereocenters. The lowest BCUT2D eigenvalue weighted by Crippen LogP contribution is -2.38. The van der Waals surface area contributed by atoms with Crippen LogP contribution in [0.3, 0.4) is 0 Å². The zero-order valence-electron chi connectivity index (χ0n) is 22.1. The van der Waals surface area contributed by atoms with Gasteiger partial charge in [0.25, 0.3) is 11.5 Å². The summed E-state index contributed by atoms with van der Waals surface area (Å²) in [5.74, 6) is -0.296. The zero-order valence-corrected chi connectivity index (χ0v) is 22.1. The maximum absolute atomic E-state index is 13.7. The lowest BCUT2D eigenvalue weighted by atomic mass is 10.1. The van der Waals surface area contributed by atoms with Crippen LogP contribution in [0.15, 0.2) is 41.2 Å². The van der Waals surface area contributed by atoms with Gasteiger partial charge in [-0.05, 0) is 43.7 Å². The second-order valence-electron chi connectivity index (χ2n) is 10.4. The molecule has 0 aliphatic carbocycles. The molecular formula is C28H40N2O5. The van der Waals surface area contributed by atoms with Crippen LogP contribution >= 0.6 is 0 Å². The molecule has 0 saturated carbocycles. The molecule has 7 nitrogen and oxygen atoms in total. The van der Waals surface area contributed by atoms with Gasteiger partial charge in [-0.2, -0.15) is 0 Å². The number of aromatic nitrogens is 1. The number of hydrogen-bond donors (Lipinski definition) is 1. The Labute approximate surface area is 208 Å². The number of nitrogens with one attached hydrogen (secondary N) is 1. The van der Waals surface area contributed by atoms with Crippen LogP contribution in [0.2, 0.25) is 0 Å². The topological polar surface area (TPSA) is 88.7 Å². The second-order valence-corrected chi connectivity index (χ2v) is 10.4. The van der Waals surface area contributed by atoms with E-state index in [1.165, 1.54) is 0 Å². The van der Waals surface area contributed by atoms with E-state index in [0.29, 0.717) is 25.2 Å². The van der Waals surface area contributed by atoms with Gasteiger partial charge in [0.05, 0.1) is 12.0 Å². The van der Waals surface area contributed by atoms with Crippen molar-refractivity contribution in [3.63, 3.8) is 0 Å². The number of carbonyl (C=O) groups is 2. The molecular weight excluding hydrogens is 444 g/mol. The summed E-state index contributed by atoms with van der Waals surface area (Å²) in [5.41, 5.74) is 0.194. The van der Waals surface area contributed by atoms with Gasteiger partial charge in [-0.15, -0.1) is 0 Å². The highest BCUT2D eigenvalue weighted by Gasteiger charge is 2.26. The van der Waals surface area contributed by atoms with Gasteiger partial charge in [-0.3, -0.25) is 14.4 Å². The number of esters is 1. The maximum Gasteiger partial charge on any atom is 0.312 e. The number of amides is 1. The maximum atomic E-state index is 13.7. The third-order valence-electron chi connectivity index (χ3n) is 5.53. The van der Waals surface area contributed by atoms with E-state index in [-0.39, 0.29) is 42.1 Å². The first kappa shape index (κ1) is 28.1. The Morgan fingerprint density at radius 1 is 1.03 bits per heavy atom. The highest BCUT2D eigenvalue weighted by atomic mass is 16.6. The minimum absolute atomic E-state index is 0.0395. The van der Waals surface area contributed by atoms with Gasteiger partial charge >= 0.3 is 5.97 Å². The Morgan fingerprint density at radius 3 is 2.17 bits per heavy atom. The first-order valence-corrected chi connectivity index (χ1v) is 12.4. The van der Waals surface area contributed by atoms with E-state index < -0.39 is 17.1 Å². The molecule has 0 fully saturated rings. The summed E-state index contributed by atoms with van der Waals surface area (Å²) >= 11 is 0. The van der Waals surface area contributed by atoms with Crippen molar-refractivity contribution < 1.29 is 19.1 Å². The summed E-state index contributed by atoms with van der Waals surface area (Å²) in [7, 11) is 0. The average Bonchev–Trinajstić information content (AvgIpc) is 2.76. The van der Waals surface area contributed by atoms with Crippen LogP contribution < -0.4 is 10.3 Å². The number of benzene rings is 1. The summed E-state index contributed by atoms with van der Waals surface area (Å²) in [6, 6.07) is 11.0. The summed E-state index contributed by atoms with van der Waals surface area (Å²) < 4.78 is 11.4. The molecule has 7 heteroatoms. The van der Waals surface area contributed by atoms with Crippen molar-refractivity contribution in [3.05, 3.63) is 63.6 Å². The van der Waals surface area contributed by atoms with Crippen LogP contribution in [-0.4, -0.2) is 40.5 Å². The molecule has 1 amide bonds. The molecule has 0 spiro atoms. The predicted octanol–water partition coefficient (Wildman–Crippen LogP) is 4.98. The van der Waals surface area contributed by atoms with Crippen molar-refractivity contribution in [2.45, 2.75) is 73.5 Å². The second kappa shape index (κ2) is 12.6. The molecule has 1 heterocycles. The number of nitrogens with zero attached hydrogens (tertiary/aromatic N) is 1. The van der Waals surface area contributed by atoms with E-state index in [9.17, 15) is 14.4 Å². The van der Waals surface area contributed by atoms with Gasteiger partial charge in [0.1, 0.15) is 12.2 Å². The number of aromatic amines is 1. The van der Waals surface area contributed by atoms with Crippen molar-refractivity contribution in [2.24, 2.45) is 11.8 Å². The molecule has 1 aromatic heterocycles. The summed E-state index contributed by atoms with van der Waals surface area (Å²) in [4.78, 5) is 43.8. The van der Waals surface area contributed by atoms with E-state index in [2.05, 4.69) is 4.98 Å². The number of H-pyrrole nitrogens is 1. The fourth-order valence-electron chi connectivity index (χ4n) is 3.59. The third kappa shape index (κ3) is 8.89. The van der Waals surface area contributed by atoms with Gasteiger partial charge in [0.2, 0.25) is 0 Å². The number of hydrogen-bond acceptors (Lipinski definition) is 5. The molecule has 0 bridgehead atoms. The van der Waals surface area contributed by atoms with E-state index in [4.69, 9.17) is 9.47 Å². The van der Waals surface area contributed by atoms with E-state index in [0.717, 1.165) is 5.56 Å². The minimum Gasteiger partial charge on any atom is -0.482 e. The molecule has 2 aromatic rings. The van der Waals surface area contributed by atoms with Crippen molar-refractivity contribution in [1.29, 1.82) is 0 Å². The average molecular weight is 485 g/mol. The van der Waals surface area contributed by atoms with Gasteiger partial charge < -0.3 is 19.4 Å². The summed E-state index contributed by atoms with van der Waals surface area (Å²) in [6.07, 6.45) is 0.511. The Balaban J connectivity index is 2.45. The van der Waals surface area contributed by atoms with Gasteiger partial charge in [-0.1, -0.05) is 65.0 Å². The monoisotopic (exact) mass is 484 g/mol. The van der Waals surface area contributed by atoms with Crippen LogP contribution in [-0.2, 0) is 22.6 Å². The molecule has 0 radical (unpaired) electrons. The Bertz CT molecular complexity index is 1030. The van der Waals surface area contributed by atoms with E-state index >= 15 is 0 Å². The molecule has 35 heavy (non-hydrogen) atoms. The molecule has 192 valence electrons. The Morgan fingerprint density at radius 2 is 1.63 bits per heavy atom. The van der Waals surface area contributed by atoms with E-state index in [1.54, 1.807) is 11.0 Å². The van der Waals surface area contributed by atoms with Crippen molar-refractivity contribution >= 4 is 11.9 Å². The highest BCUT2D eigenvalue weighted by molar-refractivity contribution is 5.97. The van der Waals surface area contributed by atoms with Gasteiger partial charge in [-0.25, -0.2) is 0 Å². The number of pyridine rings is 1. The third-order valence-corrected chi connectivity index (χ3v) is 5.53. The zero-order chi connectivity index (χ0) is 26.2. The predicted molar refractivity (Wildman–Crippen MR) is 138 cm³/mol. The van der Waals surface area contributed by atoms with Crippen LogP contribution in [0, 0.1) is 11.8 Å². The Hall–Kier alpha value is -3.09. The SMILES string of the molecule is CCC(C)(C)OC(=O)Cc1cc(C(=O)N(CC(C)C)CC(C)C)c(OCc2ccccc2)c(=O)[nH]1. The highest BCUT2D eigenvalue weighted by Crippen LogP contribution is 2.21. The summed E-state index contributed by atoms with van der Waals surface area (Å²) in [5, 5.41) is 0. The minimum atomic E-state index is -0.611. The lowest BCUT2D eigenvalue weighted by molar-refractivity contribution is -0.155. The van der Waals surface area contributed by atoms with Crippen LogP contribution in [0.5, 0.6) is 5.75 Å². The molecule has 0 saturated heterocycles. The van der Waals surface area contributed by atoms with Crippen molar-refractivity contribution in [1.82, 2.24) is 9.88 Å². The fourth-order valence-corrected chi connectivity index (χ4v) is 3.59. The van der Waals surface area contributed by atoms with E-state index in [1.807, 2.05) is 78.8 Å². The van der Waals surface area contributed by atoms with Crippen molar-refractivity contribution in [3.8, 4) is 5.75 Å². The normalized spacial score (nSPS) is 11.6. The van der Waals surface area contributed by atoms with Gasteiger partial charge in [0, 0.05) is 18.8 Å². The quantitative estimate of drug-likeness (QED) is 0.429. The van der Waals surface area contributed by atoms with Crippen LogP contribution in [0.4, 0.5) is 0 Å². The lowest BCUT2D eigenvalue weighted by Gasteiger charge is -2.27. The molecule has 0 unspecified atom stereocenters.